The largest absolute Gasteiger partial charge is 0.344 e. The molecule has 0 radical (unpaired) electrons. The molecule has 2 amide bonds. The molecule has 1 aromatic carbocycles. The van der Waals surface area contributed by atoms with Crippen molar-refractivity contribution in [1.82, 2.24) is 24.9 Å². The highest BCUT2D eigenvalue weighted by molar-refractivity contribution is 7.17. The van der Waals surface area contributed by atoms with Crippen LogP contribution >= 0.6 is 34.5 Å². The van der Waals surface area contributed by atoms with E-state index in [9.17, 15) is 9.59 Å². The second-order valence-electron chi connectivity index (χ2n) is 6.48. The molecular formula is C18H18Cl2N6O2S. The number of thiazole rings is 1. The first-order chi connectivity index (χ1) is 13.7. The molecule has 11 heteroatoms. The number of aromatic nitrogens is 4. The molecule has 29 heavy (non-hydrogen) atoms. The highest BCUT2D eigenvalue weighted by Crippen LogP contribution is 2.23. The summed E-state index contributed by atoms with van der Waals surface area (Å²) < 4.78 is 1.69. The summed E-state index contributed by atoms with van der Waals surface area (Å²) in [6.07, 6.45) is 1.49. The van der Waals surface area contributed by atoms with Crippen molar-refractivity contribution in [3.8, 4) is 0 Å². The minimum Gasteiger partial charge on any atom is -0.344 e. The summed E-state index contributed by atoms with van der Waals surface area (Å²) >= 11 is 13.1. The smallest absolute Gasteiger partial charge is 0.265 e. The van der Waals surface area contributed by atoms with Crippen molar-refractivity contribution >= 4 is 51.5 Å². The Hall–Kier alpha value is -2.49. The summed E-state index contributed by atoms with van der Waals surface area (Å²) in [5.74, 6) is -0.447. The van der Waals surface area contributed by atoms with Crippen molar-refractivity contribution < 1.29 is 9.59 Å². The molecule has 2 aromatic heterocycles. The zero-order valence-electron chi connectivity index (χ0n) is 15.9. The second kappa shape index (κ2) is 8.89. The van der Waals surface area contributed by atoms with Crippen LogP contribution in [0.25, 0.3) is 0 Å². The predicted octanol–water partition coefficient (Wildman–Crippen LogP) is 3.28. The van der Waals surface area contributed by atoms with Crippen LogP contribution in [0.4, 0.5) is 5.13 Å². The van der Waals surface area contributed by atoms with Gasteiger partial charge in [-0.15, -0.1) is 5.10 Å². The predicted molar refractivity (Wildman–Crippen MR) is 113 cm³/mol. The molecule has 0 atom stereocenters. The van der Waals surface area contributed by atoms with E-state index >= 15 is 0 Å². The van der Waals surface area contributed by atoms with Crippen molar-refractivity contribution in [3.05, 3.63) is 56.3 Å². The van der Waals surface area contributed by atoms with Crippen molar-refractivity contribution in [1.29, 1.82) is 0 Å². The van der Waals surface area contributed by atoms with Crippen molar-refractivity contribution in [2.24, 2.45) is 0 Å². The van der Waals surface area contributed by atoms with Crippen molar-refractivity contribution in [2.45, 2.75) is 19.9 Å². The number of nitrogens with one attached hydrogen (secondary N) is 1. The Kier molecular flexibility index (Phi) is 6.51. The molecule has 0 aliphatic heterocycles. The van der Waals surface area contributed by atoms with Crippen molar-refractivity contribution in [2.75, 3.05) is 19.4 Å². The fourth-order valence-corrected chi connectivity index (χ4v) is 3.66. The third-order valence-electron chi connectivity index (χ3n) is 4.09. The van der Waals surface area contributed by atoms with Crippen LogP contribution in [0.15, 0.2) is 24.4 Å². The Morgan fingerprint density at radius 2 is 2.00 bits per heavy atom. The van der Waals surface area contributed by atoms with Crippen LogP contribution in [-0.2, 0) is 17.8 Å². The van der Waals surface area contributed by atoms with E-state index in [0.717, 1.165) is 22.6 Å². The van der Waals surface area contributed by atoms with Gasteiger partial charge in [-0.25, -0.2) is 9.67 Å². The van der Waals surface area contributed by atoms with E-state index < -0.39 is 0 Å². The maximum atomic E-state index is 12.3. The molecule has 0 spiro atoms. The lowest BCUT2D eigenvalue weighted by molar-refractivity contribution is -0.115. The van der Waals surface area contributed by atoms with Crippen LogP contribution in [0.3, 0.4) is 0 Å². The number of halogens is 2. The first kappa shape index (κ1) is 21.2. The van der Waals surface area contributed by atoms with Gasteiger partial charge in [-0.05, 0) is 24.6 Å². The van der Waals surface area contributed by atoms with Gasteiger partial charge in [0.25, 0.3) is 5.91 Å². The molecule has 0 unspecified atom stereocenters. The van der Waals surface area contributed by atoms with Crippen LogP contribution in [-0.4, -0.2) is 50.8 Å². The number of carbonyl (C=O) groups excluding carboxylic acids is 2. The molecular weight excluding hydrogens is 435 g/mol. The SMILES string of the molecule is Cc1c(CC(=O)Nc2ncc(C(=O)N(C)C)s2)nnn1Cc1ccc(Cl)c(Cl)c1. The average molecular weight is 453 g/mol. The summed E-state index contributed by atoms with van der Waals surface area (Å²) in [5, 5.41) is 12.2. The van der Waals surface area contributed by atoms with E-state index in [0.29, 0.717) is 32.3 Å². The molecule has 0 saturated heterocycles. The van der Waals surface area contributed by atoms with E-state index in [1.807, 2.05) is 13.0 Å². The Labute approximate surface area is 181 Å². The molecule has 1 N–H and O–H groups in total. The van der Waals surface area contributed by atoms with Crippen LogP contribution < -0.4 is 5.32 Å². The van der Waals surface area contributed by atoms with E-state index in [-0.39, 0.29) is 18.2 Å². The van der Waals surface area contributed by atoms with Crippen LogP contribution in [0, 0.1) is 6.92 Å². The molecule has 0 fully saturated rings. The number of anilines is 1. The second-order valence-corrected chi connectivity index (χ2v) is 8.33. The van der Waals surface area contributed by atoms with Gasteiger partial charge in [-0.1, -0.05) is 45.8 Å². The number of nitrogens with zero attached hydrogens (tertiary/aromatic N) is 5. The van der Waals surface area contributed by atoms with Gasteiger partial charge < -0.3 is 10.2 Å². The minimum atomic E-state index is -0.284. The van der Waals surface area contributed by atoms with Gasteiger partial charge in [0.2, 0.25) is 5.91 Å². The molecule has 0 bridgehead atoms. The highest BCUT2D eigenvalue weighted by Gasteiger charge is 2.17. The number of amides is 2. The van der Waals surface area contributed by atoms with Crippen LogP contribution in [0.5, 0.6) is 0 Å². The molecule has 8 nitrogen and oxygen atoms in total. The van der Waals surface area contributed by atoms with E-state index in [2.05, 4.69) is 20.6 Å². The van der Waals surface area contributed by atoms with E-state index in [1.165, 1.54) is 11.1 Å². The molecule has 0 aliphatic carbocycles. The Morgan fingerprint density at radius 1 is 1.24 bits per heavy atom. The summed E-state index contributed by atoms with van der Waals surface area (Å²) in [6, 6.07) is 5.35. The van der Waals surface area contributed by atoms with Gasteiger partial charge in [-0.3, -0.25) is 9.59 Å². The van der Waals surface area contributed by atoms with Gasteiger partial charge >= 0.3 is 0 Å². The lowest BCUT2D eigenvalue weighted by Crippen LogP contribution is -2.20. The van der Waals surface area contributed by atoms with E-state index in [4.69, 9.17) is 23.2 Å². The highest BCUT2D eigenvalue weighted by atomic mass is 35.5. The lowest BCUT2D eigenvalue weighted by Gasteiger charge is -2.06. The number of hydrogen-bond donors (Lipinski definition) is 1. The summed E-state index contributed by atoms with van der Waals surface area (Å²) in [5.41, 5.74) is 2.25. The maximum absolute atomic E-state index is 12.3. The monoisotopic (exact) mass is 452 g/mol. The van der Waals surface area contributed by atoms with E-state index in [1.54, 1.807) is 30.9 Å². The van der Waals surface area contributed by atoms with Gasteiger partial charge in [0.15, 0.2) is 5.13 Å². The fourth-order valence-electron chi connectivity index (χ4n) is 2.49. The quantitative estimate of drug-likeness (QED) is 0.619. The number of carbonyl (C=O) groups is 2. The Morgan fingerprint density at radius 3 is 2.69 bits per heavy atom. The third-order valence-corrected chi connectivity index (χ3v) is 5.73. The maximum Gasteiger partial charge on any atom is 0.265 e. The number of benzene rings is 1. The normalized spacial score (nSPS) is 10.8. The molecule has 2 heterocycles. The van der Waals surface area contributed by atoms with Crippen LogP contribution in [0.2, 0.25) is 10.0 Å². The average Bonchev–Trinajstić information content (AvgIpc) is 3.26. The zero-order chi connectivity index (χ0) is 21.1. The topological polar surface area (TPSA) is 93.0 Å². The molecule has 0 saturated carbocycles. The fraction of sp³-hybridized carbons (Fsp3) is 0.278. The number of hydrogen-bond acceptors (Lipinski definition) is 6. The van der Waals surface area contributed by atoms with Gasteiger partial charge in [0.05, 0.1) is 40.6 Å². The minimum absolute atomic E-state index is 0.0454. The third kappa shape index (κ3) is 5.11. The number of rotatable bonds is 6. The first-order valence-electron chi connectivity index (χ1n) is 8.55. The summed E-state index contributed by atoms with van der Waals surface area (Å²) in [6.45, 7) is 2.30. The van der Waals surface area contributed by atoms with Gasteiger partial charge in [-0.2, -0.15) is 0 Å². The molecule has 3 aromatic rings. The summed E-state index contributed by atoms with van der Waals surface area (Å²) in [7, 11) is 3.31. The van der Waals surface area contributed by atoms with Crippen molar-refractivity contribution in [3.63, 3.8) is 0 Å². The van der Waals surface area contributed by atoms with Crippen LogP contribution in [0.1, 0.15) is 26.6 Å². The Balaban J connectivity index is 1.64. The standard InChI is InChI=1S/C18H18Cl2N6O2S/c1-10-14(23-24-26(10)9-11-4-5-12(19)13(20)6-11)7-16(27)22-18-21-8-15(29-18)17(28)25(2)3/h4-6,8H,7,9H2,1-3H3,(H,21,22,27). The summed E-state index contributed by atoms with van der Waals surface area (Å²) in [4.78, 5) is 30.2. The zero-order valence-corrected chi connectivity index (χ0v) is 18.3. The molecule has 0 aliphatic rings. The van der Waals surface area contributed by atoms with Gasteiger partial charge in [0, 0.05) is 14.1 Å². The first-order valence-corrected chi connectivity index (χ1v) is 10.1. The molecule has 3 rings (SSSR count). The van der Waals surface area contributed by atoms with Gasteiger partial charge in [0.1, 0.15) is 4.88 Å². The Bertz CT molecular complexity index is 1060. The molecule has 152 valence electrons. The lowest BCUT2D eigenvalue weighted by atomic mass is 10.2.